The first-order chi connectivity index (χ1) is 11.2. The molecule has 0 radical (unpaired) electrons. The normalized spacial score (nSPS) is 22.8. The molecule has 3 rings (SSSR count). The van der Waals surface area contributed by atoms with Gasteiger partial charge in [-0.25, -0.2) is 9.18 Å². The molecule has 2 heterocycles. The average molecular weight is 319 g/mol. The van der Waals surface area contributed by atoms with Crippen LogP contribution in [0.15, 0.2) is 24.3 Å². The van der Waals surface area contributed by atoms with Gasteiger partial charge in [0.25, 0.3) is 0 Å². The second kappa shape index (κ2) is 7.77. The fourth-order valence-electron chi connectivity index (χ4n) is 3.65. The number of rotatable bonds is 3. The van der Waals surface area contributed by atoms with Crippen molar-refractivity contribution >= 4 is 11.7 Å². The third-order valence-corrected chi connectivity index (χ3v) is 4.93. The van der Waals surface area contributed by atoms with Gasteiger partial charge in [0.1, 0.15) is 5.82 Å². The highest BCUT2D eigenvalue weighted by molar-refractivity contribution is 5.89. The highest BCUT2D eigenvalue weighted by atomic mass is 19.1. The monoisotopic (exact) mass is 319 g/mol. The molecule has 2 saturated heterocycles. The van der Waals surface area contributed by atoms with Crippen molar-refractivity contribution in [3.63, 3.8) is 0 Å². The van der Waals surface area contributed by atoms with Crippen LogP contribution in [0.4, 0.5) is 14.9 Å². The summed E-state index contributed by atoms with van der Waals surface area (Å²) in [4.78, 5) is 16.8. The van der Waals surface area contributed by atoms with Crippen LogP contribution in [0.1, 0.15) is 32.1 Å². The van der Waals surface area contributed by atoms with Gasteiger partial charge < -0.3 is 15.1 Å². The fourth-order valence-corrected chi connectivity index (χ4v) is 3.65. The Kier molecular flexibility index (Phi) is 5.49. The molecule has 0 saturated carbocycles. The maximum atomic E-state index is 13.2. The van der Waals surface area contributed by atoms with Crippen LogP contribution in [0.5, 0.6) is 0 Å². The molecule has 1 aromatic carbocycles. The molecule has 2 fully saturated rings. The van der Waals surface area contributed by atoms with Gasteiger partial charge in [-0.1, -0.05) is 6.07 Å². The summed E-state index contributed by atoms with van der Waals surface area (Å²) in [6, 6.07) is 5.95. The van der Waals surface area contributed by atoms with Crippen molar-refractivity contribution in [2.45, 2.75) is 32.1 Å². The van der Waals surface area contributed by atoms with Crippen molar-refractivity contribution in [3.05, 3.63) is 30.1 Å². The Hall–Kier alpha value is -1.62. The smallest absolute Gasteiger partial charge is 0.321 e. The van der Waals surface area contributed by atoms with Crippen molar-refractivity contribution < 1.29 is 9.18 Å². The highest BCUT2D eigenvalue weighted by Gasteiger charge is 2.23. The van der Waals surface area contributed by atoms with Gasteiger partial charge in [0, 0.05) is 25.3 Å². The molecule has 5 heteroatoms. The molecule has 0 unspecified atom stereocenters. The molecule has 1 atom stereocenters. The largest absolute Gasteiger partial charge is 0.325 e. The van der Waals surface area contributed by atoms with Crippen LogP contribution in [-0.4, -0.2) is 48.6 Å². The third-order valence-electron chi connectivity index (χ3n) is 4.93. The zero-order chi connectivity index (χ0) is 16.1. The van der Waals surface area contributed by atoms with Crippen molar-refractivity contribution in [2.24, 2.45) is 5.92 Å². The van der Waals surface area contributed by atoms with Crippen LogP contribution < -0.4 is 5.32 Å². The Morgan fingerprint density at radius 2 is 1.96 bits per heavy atom. The van der Waals surface area contributed by atoms with Crippen molar-refractivity contribution in [1.82, 2.24) is 9.80 Å². The number of halogens is 1. The van der Waals surface area contributed by atoms with Crippen molar-refractivity contribution in [1.29, 1.82) is 0 Å². The van der Waals surface area contributed by atoms with E-state index in [4.69, 9.17) is 0 Å². The summed E-state index contributed by atoms with van der Waals surface area (Å²) in [5.41, 5.74) is 0.521. The van der Waals surface area contributed by atoms with E-state index in [0.29, 0.717) is 11.6 Å². The Labute approximate surface area is 137 Å². The summed E-state index contributed by atoms with van der Waals surface area (Å²) < 4.78 is 13.2. The van der Waals surface area contributed by atoms with E-state index in [9.17, 15) is 9.18 Å². The predicted octanol–water partition coefficient (Wildman–Crippen LogP) is 3.56. The Bertz CT molecular complexity index is 531. The SMILES string of the molecule is O=C(Nc1cccc(F)c1)N1CCC[C@H](CN2CCCC2)CC1. The number of urea groups is 1. The number of nitrogens with one attached hydrogen (secondary N) is 1. The molecule has 0 aliphatic carbocycles. The number of hydrogen-bond acceptors (Lipinski definition) is 2. The van der Waals surface area contributed by atoms with Gasteiger partial charge >= 0.3 is 6.03 Å². The van der Waals surface area contributed by atoms with Crippen LogP contribution in [-0.2, 0) is 0 Å². The Balaban J connectivity index is 1.49. The minimum absolute atomic E-state index is 0.113. The number of likely N-dealkylation sites (tertiary alicyclic amines) is 2. The van der Waals surface area contributed by atoms with Gasteiger partial charge in [-0.15, -0.1) is 0 Å². The van der Waals surface area contributed by atoms with E-state index < -0.39 is 0 Å². The standard InChI is InChI=1S/C18H26FN3O/c19-16-6-3-7-17(13-16)20-18(23)22-11-4-5-15(8-12-22)14-21-9-1-2-10-21/h3,6-7,13,15H,1-2,4-5,8-12,14H2,(H,20,23)/t15-/m0/s1. The number of nitrogens with zero attached hydrogens (tertiary/aromatic N) is 2. The lowest BCUT2D eigenvalue weighted by Gasteiger charge is -2.23. The van der Waals surface area contributed by atoms with E-state index in [1.807, 2.05) is 4.90 Å². The zero-order valence-corrected chi connectivity index (χ0v) is 13.6. The first-order valence-corrected chi connectivity index (χ1v) is 8.74. The molecule has 1 N–H and O–H groups in total. The number of amides is 2. The van der Waals surface area contributed by atoms with Gasteiger partial charge in [-0.2, -0.15) is 0 Å². The summed E-state index contributed by atoms with van der Waals surface area (Å²) in [7, 11) is 0. The van der Waals surface area contributed by atoms with E-state index in [0.717, 1.165) is 25.9 Å². The number of carbonyl (C=O) groups excluding carboxylic acids is 1. The zero-order valence-electron chi connectivity index (χ0n) is 13.6. The third kappa shape index (κ3) is 4.67. The van der Waals surface area contributed by atoms with Crippen LogP contribution in [0.2, 0.25) is 0 Å². The second-order valence-electron chi connectivity index (χ2n) is 6.73. The molecule has 2 aliphatic rings. The minimum Gasteiger partial charge on any atom is -0.325 e. The number of anilines is 1. The van der Waals surface area contributed by atoms with Gasteiger partial charge in [0.2, 0.25) is 0 Å². The lowest BCUT2D eigenvalue weighted by atomic mass is 10.0. The summed E-state index contributed by atoms with van der Waals surface area (Å²) >= 11 is 0. The molecule has 0 bridgehead atoms. The molecule has 126 valence electrons. The van der Waals surface area contributed by atoms with Crippen LogP contribution >= 0.6 is 0 Å². The maximum absolute atomic E-state index is 13.2. The first-order valence-electron chi connectivity index (χ1n) is 8.74. The highest BCUT2D eigenvalue weighted by Crippen LogP contribution is 2.21. The molecular weight excluding hydrogens is 293 g/mol. The van der Waals surface area contributed by atoms with Gasteiger partial charge in [-0.3, -0.25) is 0 Å². The Morgan fingerprint density at radius 3 is 2.74 bits per heavy atom. The Morgan fingerprint density at radius 1 is 1.13 bits per heavy atom. The number of carbonyl (C=O) groups is 1. The van der Waals surface area contributed by atoms with Gasteiger partial charge in [0.05, 0.1) is 0 Å². The first kappa shape index (κ1) is 16.2. The van der Waals surface area contributed by atoms with Crippen LogP contribution in [0, 0.1) is 11.7 Å². The van der Waals surface area contributed by atoms with E-state index in [-0.39, 0.29) is 11.8 Å². The maximum Gasteiger partial charge on any atom is 0.321 e. The van der Waals surface area contributed by atoms with Crippen molar-refractivity contribution in [2.75, 3.05) is 38.0 Å². The minimum atomic E-state index is -0.329. The van der Waals surface area contributed by atoms with E-state index >= 15 is 0 Å². The average Bonchev–Trinajstić information content (AvgIpc) is 2.91. The van der Waals surface area contributed by atoms with Gasteiger partial charge in [0.15, 0.2) is 0 Å². The van der Waals surface area contributed by atoms with E-state index in [2.05, 4.69) is 10.2 Å². The molecule has 1 aromatic rings. The molecule has 0 spiro atoms. The topological polar surface area (TPSA) is 35.6 Å². The summed E-state index contributed by atoms with van der Waals surface area (Å²) in [5.74, 6) is 0.365. The quantitative estimate of drug-likeness (QED) is 0.925. The van der Waals surface area contributed by atoms with E-state index in [1.54, 1.807) is 12.1 Å². The van der Waals surface area contributed by atoms with Crippen molar-refractivity contribution in [3.8, 4) is 0 Å². The predicted molar refractivity (Wildman–Crippen MR) is 90.0 cm³/mol. The lowest BCUT2D eigenvalue weighted by molar-refractivity contribution is 0.211. The van der Waals surface area contributed by atoms with Crippen LogP contribution in [0.25, 0.3) is 0 Å². The summed E-state index contributed by atoms with van der Waals surface area (Å²) in [6.07, 6.45) is 5.96. The van der Waals surface area contributed by atoms with E-state index in [1.165, 1.54) is 51.0 Å². The molecule has 2 amide bonds. The molecule has 4 nitrogen and oxygen atoms in total. The number of benzene rings is 1. The lowest BCUT2D eigenvalue weighted by Crippen LogP contribution is -2.36. The molecule has 2 aliphatic heterocycles. The molecular formula is C18H26FN3O. The molecule has 0 aromatic heterocycles. The fraction of sp³-hybridized carbons (Fsp3) is 0.611. The molecule has 23 heavy (non-hydrogen) atoms. The van der Waals surface area contributed by atoms with Crippen LogP contribution in [0.3, 0.4) is 0 Å². The second-order valence-corrected chi connectivity index (χ2v) is 6.73. The summed E-state index contributed by atoms with van der Waals surface area (Å²) in [6.45, 7) is 5.23. The number of hydrogen-bond donors (Lipinski definition) is 1. The van der Waals surface area contributed by atoms with Gasteiger partial charge in [-0.05, 0) is 69.3 Å². The summed E-state index contributed by atoms with van der Waals surface area (Å²) in [5, 5.41) is 2.80.